The highest BCUT2D eigenvalue weighted by molar-refractivity contribution is 6.30. The SMILES string of the molecule is CC1CCN(C(=O)c2ccc(Cl)cc2O)C(C(=O)O)C1. The van der Waals surface area contributed by atoms with Crippen molar-refractivity contribution in [2.45, 2.75) is 25.8 Å². The second-order valence-electron chi connectivity index (χ2n) is 5.14. The first-order valence-electron chi connectivity index (χ1n) is 6.42. The van der Waals surface area contributed by atoms with Crippen LogP contribution in [0.15, 0.2) is 18.2 Å². The topological polar surface area (TPSA) is 77.8 Å². The zero-order valence-corrected chi connectivity index (χ0v) is 11.8. The van der Waals surface area contributed by atoms with Crippen LogP contribution in [0.1, 0.15) is 30.1 Å². The minimum Gasteiger partial charge on any atom is -0.507 e. The average molecular weight is 298 g/mol. The number of nitrogens with zero attached hydrogens (tertiary/aromatic N) is 1. The van der Waals surface area contributed by atoms with Gasteiger partial charge in [0.05, 0.1) is 5.56 Å². The van der Waals surface area contributed by atoms with Gasteiger partial charge in [-0.1, -0.05) is 18.5 Å². The maximum absolute atomic E-state index is 12.4. The molecule has 0 spiro atoms. The molecule has 1 aliphatic heterocycles. The molecule has 1 amide bonds. The van der Waals surface area contributed by atoms with E-state index in [-0.39, 0.29) is 17.2 Å². The number of amides is 1. The Bertz CT molecular complexity index is 546. The molecular formula is C14H16ClNO4. The fourth-order valence-electron chi connectivity index (χ4n) is 2.46. The Morgan fingerprint density at radius 1 is 1.40 bits per heavy atom. The van der Waals surface area contributed by atoms with Crippen molar-refractivity contribution >= 4 is 23.5 Å². The number of halogens is 1. The number of hydrogen-bond donors (Lipinski definition) is 2. The maximum Gasteiger partial charge on any atom is 0.326 e. The zero-order valence-electron chi connectivity index (χ0n) is 11.0. The van der Waals surface area contributed by atoms with Crippen LogP contribution in [0.3, 0.4) is 0 Å². The van der Waals surface area contributed by atoms with E-state index in [2.05, 4.69) is 0 Å². The fraction of sp³-hybridized carbons (Fsp3) is 0.429. The number of aromatic hydroxyl groups is 1. The van der Waals surface area contributed by atoms with Crippen molar-refractivity contribution in [3.05, 3.63) is 28.8 Å². The molecule has 2 rings (SSSR count). The van der Waals surface area contributed by atoms with Crippen LogP contribution in [0, 0.1) is 5.92 Å². The summed E-state index contributed by atoms with van der Waals surface area (Å²) in [6, 6.07) is 3.34. The Morgan fingerprint density at radius 2 is 2.10 bits per heavy atom. The number of hydrogen-bond acceptors (Lipinski definition) is 3. The Balaban J connectivity index is 2.28. The molecule has 1 fully saturated rings. The van der Waals surface area contributed by atoms with Gasteiger partial charge in [-0.3, -0.25) is 4.79 Å². The summed E-state index contributed by atoms with van der Waals surface area (Å²) in [5.74, 6) is -1.46. The molecule has 6 heteroatoms. The molecule has 2 atom stereocenters. The Hall–Kier alpha value is -1.75. The van der Waals surface area contributed by atoms with Gasteiger partial charge >= 0.3 is 5.97 Å². The smallest absolute Gasteiger partial charge is 0.326 e. The number of rotatable bonds is 2. The van der Waals surface area contributed by atoms with Crippen molar-refractivity contribution in [2.24, 2.45) is 5.92 Å². The molecule has 5 nitrogen and oxygen atoms in total. The monoisotopic (exact) mass is 297 g/mol. The Labute approximate surface area is 121 Å². The highest BCUT2D eigenvalue weighted by atomic mass is 35.5. The standard InChI is InChI=1S/C14H16ClNO4/c1-8-4-5-16(11(6-8)14(19)20)13(18)10-3-2-9(15)7-12(10)17/h2-3,7-8,11,17H,4-6H2,1H3,(H,19,20). The van der Waals surface area contributed by atoms with Gasteiger partial charge in [0.1, 0.15) is 11.8 Å². The van der Waals surface area contributed by atoms with E-state index >= 15 is 0 Å². The summed E-state index contributed by atoms with van der Waals surface area (Å²) < 4.78 is 0. The van der Waals surface area contributed by atoms with E-state index < -0.39 is 17.9 Å². The van der Waals surface area contributed by atoms with Gasteiger partial charge in [-0.2, -0.15) is 0 Å². The summed E-state index contributed by atoms with van der Waals surface area (Å²) in [7, 11) is 0. The highest BCUT2D eigenvalue weighted by Gasteiger charge is 2.35. The quantitative estimate of drug-likeness (QED) is 0.878. The third-order valence-corrected chi connectivity index (χ3v) is 3.84. The van der Waals surface area contributed by atoms with Crippen molar-refractivity contribution < 1.29 is 19.8 Å². The summed E-state index contributed by atoms with van der Waals surface area (Å²) in [6.07, 6.45) is 1.18. The number of phenolic OH excluding ortho intramolecular Hbond substituents is 1. The molecule has 0 aliphatic carbocycles. The van der Waals surface area contributed by atoms with Crippen LogP contribution >= 0.6 is 11.6 Å². The lowest BCUT2D eigenvalue weighted by atomic mass is 9.92. The van der Waals surface area contributed by atoms with Crippen molar-refractivity contribution in [2.75, 3.05) is 6.54 Å². The summed E-state index contributed by atoms with van der Waals surface area (Å²) in [4.78, 5) is 25.0. The van der Waals surface area contributed by atoms with E-state index in [1.165, 1.54) is 23.1 Å². The Morgan fingerprint density at radius 3 is 2.70 bits per heavy atom. The normalized spacial score (nSPS) is 22.6. The van der Waals surface area contributed by atoms with Gasteiger partial charge in [0.15, 0.2) is 0 Å². The molecule has 108 valence electrons. The predicted octanol–water partition coefficient (Wildman–Crippen LogP) is 2.37. The van der Waals surface area contributed by atoms with Gasteiger partial charge in [0, 0.05) is 11.6 Å². The predicted molar refractivity (Wildman–Crippen MR) is 74.0 cm³/mol. The van der Waals surface area contributed by atoms with Crippen LogP contribution in [0.2, 0.25) is 5.02 Å². The second-order valence-corrected chi connectivity index (χ2v) is 5.58. The van der Waals surface area contributed by atoms with E-state index in [1.807, 2.05) is 6.92 Å². The number of carbonyl (C=O) groups is 2. The number of likely N-dealkylation sites (tertiary alicyclic amines) is 1. The van der Waals surface area contributed by atoms with Crippen molar-refractivity contribution in [1.29, 1.82) is 0 Å². The Kier molecular flexibility index (Phi) is 4.18. The van der Waals surface area contributed by atoms with Crippen molar-refractivity contribution in [3.8, 4) is 5.75 Å². The van der Waals surface area contributed by atoms with Crippen LogP contribution in [0.4, 0.5) is 0 Å². The third kappa shape index (κ3) is 2.88. The van der Waals surface area contributed by atoms with Gasteiger partial charge in [-0.15, -0.1) is 0 Å². The lowest BCUT2D eigenvalue weighted by Crippen LogP contribution is -2.49. The van der Waals surface area contributed by atoms with E-state index in [9.17, 15) is 19.8 Å². The summed E-state index contributed by atoms with van der Waals surface area (Å²) in [6.45, 7) is 2.34. The molecule has 1 saturated heterocycles. The van der Waals surface area contributed by atoms with Gasteiger partial charge in [-0.05, 0) is 37.0 Å². The minimum absolute atomic E-state index is 0.0789. The van der Waals surface area contributed by atoms with E-state index in [0.29, 0.717) is 18.0 Å². The first-order chi connectivity index (χ1) is 9.40. The number of phenols is 1. The molecule has 0 aromatic heterocycles. The van der Waals surface area contributed by atoms with Crippen molar-refractivity contribution in [3.63, 3.8) is 0 Å². The first kappa shape index (κ1) is 14.7. The molecule has 1 aromatic carbocycles. The van der Waals surface area contributed by atoms with Crippen LogP contribution in [0.25, 0.3) is 0 Å². The first-order valence-corrected chi connectivity index (χ1v) is 6.80. The molecule has 0 radical (unpaired) electrons. The summed E-state index contributed by atoms with van der Waals surface area (Å²) >= 11 is 5.73. The van der Waals surface area contributed by atoms with Gasteiger partial charge < -0.3 is 15.1 Å². The highest BCUT2D eigenvalue weighted by Crippen LogP contribution is 2.28. The second kappa shape index (κ2) is 5.71. The number of aliphatic carboxylic acids is 1. The molecule has 20 heavy (non-hydrogen) atoms. The van der Waals surface area contributed by atoms with Gasteiger partial charge in [-0.25, -0.2) is 4.79 Å². The molecule has 2 unspecified atom stereocenters. The molecule has 0 saturated carbocycles. The summed E-state index contributed by atoms with van der Waals surface area (Å²) in [5.41, 5.74) is 0.0789. The van der Waals surface area contributed by atoms with E-state index in [0.717, 1.165) is 6.42 Å². The molecule has 1 aliphatic rings. The lowest BCUT2D eigenvalue weighted by Gasteiger charge is -2.36. The van der Waals surface area contributed by atoms with Crippen LogP contribution < -0.4 is 0 Å². The zero-order chi connectivity index (χ0) is 14.9. The van der Waals surface area contributed by atoms with E-state index in [1.54, 1.807) is 0 Å². The van der Waals surface area contributed by atoms with Gasteiger partial charge in [0.25, 0.3) is 5.91 Å². The van der Waals surface area contributed by atoms with Gasteiger partial charge in [0.2, 0.25) is 0 Å². The number of carbonyl (C=O) groups excluding carboxylic acids is 1. The number of carboxylic acid groups (broad SMARTS) is 1. The van der Waals surface area contributed by atoms with Crippen LogP contribution in [0.5, 0.6) is 5.75 Å². The number of piperidine rings is 1. The van der Waals surface area contributed by atoms with Crippen molar-refractivity contribution in [1.82, 2.24) is 4.90 Å². The van der Waals surface area contributed by atoms with Crippen LogP contribution in [-0.4, -0.2) is 39.6 Å². The minimum atomic E-state index is -1.02. The molecule has 1 aromatic rings. The lowest BCUT2D eigenvalue weighted by molar-refractivity contribution is -0.144. The maximum atomic E-state index is 12.4. The number of carboxylic acids is 1. The molecule has 1 heterocycles. The molecular weight excluding hydrogens is 282 g/mol. The van der Waals surface area contributed by atoms with E-state index in [4.69, 9.17) is 11.6 Å². The molecule has 0 bridgehead atoms. The molecule has 2 N–H and O–H groups in total. The van der Waals surface area contributed by atoms with Crippen LogP contribution in [-0.2, 0) is 4.79 Å². The average Bonchev–Trinajstić information content (AvgIpc) is 2.37. The largest absolute Gasteiger partial charge is 0.507 e. The fourth-order valence-corrected chi connectivity index (χ4v) is 2.63. The third-order valence-electron chi connectivity index (χ3n) is 3.60. The number of benzene rings is 1. The summed E-state index contributed by atoms with van der Waals surface area (Å²) in [5, 5.41) is 19.4.